The van der Waals surface area contributed by atoms with Gasteiger partial charge < -0.3 is 9.47 Å². The van der Waals surface area contributed by atoms with Crippen LogP contribution in [0.4, 0.5) is 0 Å². The van der Waals surface area contributed by atoms with Crippen molar-refractivity contribution in [2.24, 2.45) is 0 Å². The molecule has 0 radical (unpaired) electrons. The first-order chi connectivity index (χ1) is 10.5. The third-order valence-electron chi connectivity index (χ3n) is 4.32. The summed E-state index contributed by atoms with van der Waals surface area (Å²) in [7, 11) is -3.50. The number of ether oxygens (including phenoxy) is 2. The highest BCUT2D eigenvalue weighted by molar-refractivity contribution is 9.10. The van der Waals surface area contributed by atoms with E-state index in [2.05, 4.69) is 15.9 Å². The molecule has 3 rings (SSSR count). The number of rotatable bonds is 4. The zero-order valence-corrected chi connectivity index (χ0v) is 15.0. The highest BCUT2D eigenvalue weighted by atomic mass is 79.9. The number of morpholine rings is 1. The van der Waals surface area contributed by atoms with Crippen LogP contribution in [0.2, 0.25) is 0 Å². The summed E-state index contributed by atoms with van der Waals surface area (Å²) in [5.41, 5.74) is -0.242. The van der Waals surface area contributed by atoms with E-state index < -0.39 is 10.0 Å². The van der Waals surface area contributed by atoms with Crippen LogP contribution in [-0.4, -0.2) is 44.6 Å². The number of hydrogen-bond acceptors (Lipinski definition) is 4. The van der Waals surface area contributed by atoms with Crippen LogP contribution in [-0.2, 0) is 14.8 Å². The maximum Gasteiger partial charge on any atom is 0.243 e. The van der Waals surface area contributed by atoms with Crippen molar-refractivity contribution in [3.05, 3.63) is 22.7 Å². The molecule has 0 amide bonds. The molecule has 1 aromatic rings. The molecule has 0 N–H and O–H groups in total. The number of sulfonamides is 1. The fourth-order valence-electron chi connectivity index (χ4n) is 2.95. The average molecular weight is 390 g/mol. The van der Waals surface area contributed by atoms with Crippen molar-refractivity contribution in [3.63, 3.8) is 0 Å². The molecular weight excluding hydrogens is 370 g/mol. The smallest absolute Gasteiger partial charge is 0.243 e. The minimum absolute atomic E-state index is 0.242. The van der Waals surface area contributed by atoms with E-state index >= 15 is 0 Å². The Labute approximate surface area is 139 Å². The van der Waals surface area contributed by atoms with Crippen molar-refractivity contribution in [1.29, 1.82) is 0 Å². The number of benzene rings is 1. The first kappa shape index (κ1) is 16.2. The van der Waals surface area contributed by atoms with Crippen molar-refractivity contribution in [2.45, 2.75) is 36.7 Å². The molecule has 1 aliphatic carbocycles. The molecule has 5 nitrogen and oxygen atoms in total. The van der Waals surface area contributed by atoms with E-state index in [1.807, 2.05) is 6.92 Å². The average Bonchev–Trinajstić information content (AvgIpc) is 2.48. The van der Waals surface area contributed by atoms with Crippen molar-refractivity contribution >= 4 is 26.0 Å². The maximum absolute atomic E-state index is 12.8. The summed E-state index contributed by atoms with van der Waals surface area (Å²) in [5.74, 6) is 0.652. The highest BCUT2D eigenvalue weighted by Gasteiger charge is 2.45. The van der Waals surface area contributed by atoms with Gasteiger partial charge in [-0.3, -0.25) is 0 Å². The second kappa shape index (κ2) is 6.11. The Morgan fingerprint density at radius 3 is 2.77 bits per heavy atom. The van der Waals surface area contributed by atoms with E-state index in [0.29, 0.717) is 41.4 Å². The van der Waals surface area contributed by atoms with Crippen LogP contribution in [0.1, 0.15) is 26.2 Å². The molecule has 0 aromatic heterocycles. The number of nitrogens with zero attached hydrogens (tertiary/aromatic N) is 1. The van der Waals surface area contributed by atoms with Gasteiger partial charge in [0, 0.05) is 13.1 Å². The van der Waals surface area contributed by atoms with Crippen molar-refractivity contribution in [3.8, 4) is 5.75 Å². The quantitative estimate of drug-likeness (QED) is 0.794. The Morgan fingerprint density at radius 2 is 2.18 bits per heavy atom. The predicted octanol–water partition coefficient (Wildman–Crippen LogP) is 2.79. The molecule has 22 heavy (non-hydrogen) atoms. The van der Waals surface area contributed by atoms with Gasteiger partial charge in [-0.1, -0.05) is 0 Å². The number of halogens is 1. The van der Waals surface area contributed by atoms with Gasteiger partial charge in [0.25, 0.3) is 0 Å². The lowest BCUT2D eigenvalue weighted by Crippen LogP contribution is -2.56. The minimum atomic E-state index is -3.50. The van der Waals surface area contributed by atoms with Gasteiger partial charge in [0.05, 0.1) is 28.2 Å². The molecule has 7 heteroatoms. The van der Waals surface area contributed by atoms with E-state index in [0.717, 1.165) is 19.3 Å². The summed E-state index contributed by atoms with van der Waals surface area (Å²) in [6.45, 7) is 3.77. The monoisotopic (exact) mass is 389 g/mol. The number of hydrogen-bond donors (Lipinski definition) is 0. The molecule has 1 saturated heterocycles. The fraction of sp³-hybridized carbons (Fsp3) is 0.600. The van der Waals surface area contributed by atoms with Gasteiger partial charge in [0.2, 0.25) is 10.0 Å². The molecule has 0 atom stereocenters. The van der Waals surface area contributed by atoms with Crippen LogP contribution in [0.25, 0.3) is 0 Å². The van der Waals surface area contributed by atoms with Crippen molar-refractivity contribution < 1.29 is 17.9 Å². The molecular formula is C15H20BrNO4S. The molecule has 0 unspecified atom stereocenters. The summed E-state index contributed by atoms with van der Waals surface area (Å²) >= 11 is 3.38. The molecule has 2 fully saturated rings. The third kappa shape index (κ3) is 2.91. The zero-order valence-electron chi connectivity index (χ0n) is 12.5. The normalized spacial score (nSPS) is 21.5. The van der Waals surface area contributed by atoms with Crippen LogP contribution < -0.4 is 4.74 Å². The van der Waals surface area contributed by atoms with Crippen LogP contribution in [0.3, 0.4) is 0 Å². The van der Waals surface area contributed by atoms with Crippen LogP contribution in [0.15, 0.2) is 27.6 Å². The summed E-state index contributed by atoms with van der Waals surface area (Å²) in [6.07, 6.45) is 3.01. The zero-order chi connectivity index (χ0) is 15.8. The van der Waals surface area contributed by atoms with Gasteiger partial charge in [-0.25, -0.2) is 8.42 Å². The molecule has 122 valence electrons. The van der Waals surface area contributed by atoms with Gasteiger partial charge in [-0.15, -0.1) is 0 Å². The summed E-state index contributed by atoms with van der Waals surface area (Å²) in [5, 5.41) is 0. The first-order valence-electron chi connectivity index (χ1n) is 7.53. The second-order valence-corrected chi connectivity index (χ2v) is 8.54. The van der Waals surface area contributed by atoms with Gasteiger partial charge in [-0.2, -0.15) is 4.31 Å². The van der Waals surface area contributed by atoms with E-state index in [4.69, 9.17) is 9.47 Å². The van der Waals surface area contributed by atoms with E-state index in [1.165, 1.54) is 0 Å². The second-order valence-electron chi connectivity index (χ2n) is 5.75. The van der Waals surface area contributed by atoms with E-state index in [-0.39, 0.29) is 5.60 Å². The topological polar surface area (TPSA) is 55.8 Å². The predicted molar refractivity (Wildman–Crippen MR) is 86.6 cm³/mol. The van der Waals surface area contributed by atoms with E-state index in [9.17, 15) is 8.42 Å². The molecule has 1 heterocycles. The molecule has 1 spiro atoms. The van der Waals surface area contributed by atoms with Crippen molar-refractivity contribution in [1.82, 2.24) is 4.31 Å². The SMILES string of the molecule is CCOc1ccc(S(=O)(=O)N2CCOC3(CCC3)C2)cc1Br. The highest BCUT2D eigenvalue weighted by Crippen LogP contribution is 2.39. The summed E-state index contributed by atoms with van der Waals surface area (Å²) in [4.78, 5) is 0.291. The maximum atomic E-state index is 12.8. The van der Waals surface area contributed by atoms with Crippen molar-refractivity contribution in [2.75, 3.05) is 26.3 Å². The lowest BCUT2D eigenvalue weighted by Gasteiger charge is -2.47. The fourth-order valence-corrected chi connectivity index (χ4v) is 5.12. The molecule has 0 bridgehead atoms. The van der Waals surface area contributed by atoms with E-state index in [1.54, 1.807) is 22.5 Å². The van der Waals surface area contributed by atoms with Crippen LogP contribution in [0, 0.1) is 0 Å². The minimum Gasteiger partial charge on any atom is -0.493 e. The standard InChI is InChI=1S/C15H20BrNO4S/c1-2-20-14-5-4-12(10-13(14)16)22(18,19)17-8-9-21-15(11-17)6-3-7-15/h4-5,10H,2-3,6-9,11H2,1H3. The molecule has 1 aromatic carbocycles. The summed E-state index contributed by atoms with van der Waals surface area (Å²) in [6, 6.07) is 4.91. The Bertz CT molecular complexity index is 658. The molecule has 2 aliphatic rings. The Kier molecular flexibility index (Phi) is 4.51. The Morgan fingerprint density at radius 1 is 1.41 bits per heavy atom. The third-order valence-corrected chi connectivity index (χ3v) is 6.78. The first-order valence-corrected chi connectivity index (χ1v) is 9.77. The largest absolute Gasteiger partial charge is 0.493 e. The Balaban J connectivity index is 1.84. The van der Waals surface area contributed by atoms with Gasteiger partial charge in [0.1, 0.15) is 5.75 Å². The van der Waals surface area contributed by atoms with Gasteiger partial charge in [0.15, 0.2) is 0 Å². The lowest BCUT2D eigenvalue weighted by molar-refractivity contribution is -0.135. The summed E-state index contributed by atoms with van der Waals surface area (Å²) < 4.78 is 39.1. The molecule has 1 aliphatic heterocycles. The lowest BCUT2D eigenvalue weighted by atomic mass is 9.79. The van der Waals surface area contributed by atoms with Crippen LogP contribution in [0.5, 0.6) is 5.75 Å². The Hall–Kier alpha value is -0.630. The van der Waals surface area contributed by atoms with Gasteiger partial charge >= 0.3 is 0 Å². The van der Waals surface area contributed by atoms with Gasteiger partial charge in [-0.05, 0) is 60.3 Å². The molecule has 1 saturated carbocycles. The van der Waals surface area contributed by atoms with Crippen LogP contribution >= 0.6 is 15.9 Å².